The summed E-state index contributed by atoms with van der Waals surface area (Å²) < 4.78 is 5.35. The Kier molecular flexibility index (Phi) is 4.89. The molecule has 4 heteroatoms. The zero-order valence-electron chi connectivity index (χ0n) is 11.2. The van der Waals surface area contributed by atoms with Gasteiger partial charge in [-0.25, -0.2) is 5.43 Å². The second-order valence-corrected chi connectivity index (χ2v) is 4.07. The summed E-state index contributed by atoms with van der Waals surface area (Å²) >= 11 is 0. The molecule has 0 radical (unpaired) electrons. The van der Waals surface area contributed by atoms with Crippen LogP contribution in [0.2, 0.25) is 0 Å². The largest absolute Gasteiger partial charge is 0.494 e. The summed E-state index contributed by atoms with van der Waals surface area (Å²) in [5.74, 6) is 0.589. The van der Waals surface area contributed by atoms with Crippen LogP contribution in [0.15, 0.2) is 59.7 Å². The van der Waals surface area contributed by atoms with Crippen LogP contribution in [0.5, 0.6) is 5.75 Å². The number of hydrazone groups is 1. The highest BCUT2D eigenvalue weighted by Crippen LogP contribution is 2.10. The van der Waals surface area contributed by atoms with Crippen LogP contribution in [-0.2, 0) is 0 Å². The van der Waals surface area contributed by atoms with E-state index in [1.165, 1.54) is 0 Å². The molecule has 0 aliphatic heterocycles. The molecule has 0 aromatic heterocycles. The molecule has 1 amide bonds. The van der Waals surface area contributed by atoms with Gasteiger partial charge in [-0.3, -0.25) is 4.79 Å². The predicted molar refractivity (Wildman–Crippen MR) is 79.1 cm³/mol. The molecule has 0 aliphatic rings. The number of rotatable bonds is 5. The lowest BCUT2D eigenvalue weighted by atomic mass is 10.2. The fourth-order valence-electron chi connectivity index (χ4n) is 1.64. The van der Waals surface area contributed by atoms with Gasteiger partial charge in [0.15, 0.2) is 0 Å². The maximum Gasteiger partial charge on any atom is 0.271 e. The van der Waals surface area contributed by atoms with Gasteiger partial charge in [-0.15, -0.1) is 0 Å². The molecule has 0 heterocycles. The molecular formula is C16H16N2O2. The van der Waals surface area contributed by atoms with Gasteiger partial charge in [-0.05, 0) is 48.9 Å². The minimum Gasteiger partial charge on any atom is -0.494 e. The van der Waals surface area contributed by atoms with E-state index >= 15 is 0 Å². The molecule has 0 bridgehead atoms. The van der Waals surface area contributed by atoms with Gasteiger partial charge in [0, 0.05) is 5.56 Å². The van der Waals surface area contributed by atoms with Crippen molar-refractivity contribution in [1.29, 1.82) is 0 Å². The van der Waals surface area contributed by atoms with E-state index < -0.39 is 0 Å². The molecule has 0 unspecified atom stereocenters. The first-order valence-corrected chi connectivity index (χ1v) is 6.41. The number of hydrogen-bond donors (Lipinski definition) is 1. The lowest BCUT2D eigenvalue weighted by Crippen LogP contribution is -2.17. The van der Waals surface area contributed by atoms with E-state index in [0.29, 0.717) is 12.2 Å². The summed E-state index contributed by atoms with van der Waals surface area (Å²) in [7, 11) is 0. The highest BCUT2D eigenvalue weighted by Gasteiger charge is 2.01. The second kappa shape index (κ2) is 7.09. The molecule has 1 N–H and O–H groups in total. The van der Waals surface area contributed by atoms with Gasteiger partial charge in [-0.2, -0.15) is 5.10 Å². The van der Waals surface area contributed by atoms with Gasteiger partial charge in [0.1, 0.15) is 5.75 Å². The summed E-state index contributed by atoms with van der Waals surface area (Å²) in [6, 6.07) is 16.4. The number of benzene rings is 2. The molecule has 4 nitrogen and oxygen atoms in total. The summed E-state index contributed by atoms with van der Waals surface area (Å²) in [6.07, 6.45) is 1.59. The Bertz CT molecular complexity index is 577. The zero-order chi connectivity index (χ0) is 14.2. The highest BCUT2D eigenvalue weighted by atomic mass is 16.5. The smallest absolute Gasteiger partial charge is 0.271 e. The van der Waals surface area contributed by atoms with Gasteiger partial charge in [0.25, 0.3) is 5.91 Å². The average Bonchev–Trinajstić information content (AvgIpc) is 2.50. The third-order valence-corrected chi connectivity index (χ3v) is 2.61. The Morgan fingerprint density at radius 3 is 2.50 bits per heavy atom. The minimum absolute atomic E-state index is 0.229. The van der Waals surface area contributed by atoms with Crippen molar-refractivity contribution in [3.63, 3.8) is 0 Å². The van der Waals surface area contributed by atoms with Crippen molar-refractivity contribution in [2.24, 2.45) is 5.10 Å². The number of ether oxygens (including phenoxy) is 1. The maximum atomic E-state index is 11.7. The third-order valence-electron chi connectivity index (χ3n) is 2.61. The van der Waals surface area contributed by atoms with Crippen LogP contribution in [-0.4, -0.2) is 18.7 Å². The first-order chi connectivity index (χ1) is 9.79. The molecule has 2 rings (SSSR count). The SMILES string of the molecule is CCOc1ccc(/C=N\NC(=O)c2ccccc2)cc1. The van der Waals surface area contributed by atoms with Crippen molar-refractivity contribution in [3.05, 3.63) is 65.7 Å². The van der Waals surface area contributed by atoms with E-state index in [0.717, 1.165) is 11.3 Å². The number of amides is 1. The van der Waals surface area contributed by atoms with E-state index in [9.17, 15) is 4.79 Å². The quantitative estimate of drug-likeness (QED) is 0.669. The fourth-order valence-corrected chi connectivity index (χ4v) is 1.64. The molecule has 0 spiro atoms. The molecule has 2 aromatic carbocycles. The summed E-state index contributed by atoms with van der Waals surface area (Å²) in [4.78, 5) is 11.7. The van der Waals surface area contributed by atoms with Gasteiger partial charge in [-0.1, -0.05) is 18.2 Å². The lowest BCUT2D eigenvalue weighted by molar-refractivity contribution is 0.0955. The first kappa shape index (κ1) is 13.8. The van der Waals surface area contributed by atoms with Crippen LogP contribution in [0.4, 0.5) is 0 Å². The first-order valence-electron chi connectivity index (χ1n) is 6.41. The zero-order valence-corrected chi connectivity index (χ0v) is 11.2. The third kappa shape index (κ3) is 3.95. The number of nitrogens with zero attached hydrogens (tertiary/aromatic N) is 1. The molecular weight excluding hydrogens is 252 g/mol. The lowest BCUT2D eigenvalue weighted by Gasteiger charge is -2.02. The molecule has 0 atom stereocenters. The Morgan fingerprint density at radius 2 is 1.85 bits per heavy atom. The van der Waals surface area contributed by atoms with E-state index in [1.54, 1.807) is 18.3 Å². The van der Waals surface area contributed by atoms with Crippen LogP contribution in [0.3, 0.4) is 0 Å². The van der Waals surface area contributed by atoms with E-state index in [1.807, 2.05) is 49.4 Å². The molecule has 20 heavy (non-hydrogen) atoms. The molecule has 0 saturated carbocycles. The Morgan fingerprint density at radius 1 is 1.15 bits per heavy atom. The van der Waals surface area contributed by atoms with Crippen LogP contribution in [0, 0.1) is 0 Å². The topological polar surface area (TPSA) is 50.7 Å². The predicted octanol–water partition coefficient (Wildman–Crippen LogP) is 2.85. The van der Waals surface area contributed by atoms with Crippen molar-refractivity contribution < 1.29 is 9.53 Å². The summed E-state index contributed by atoms with van der Waals surface area (Å²) in [6.45, 7) is 2.58. The van der Waals surface area contributed by atoms with Crippen LogP contribution >= 0.6 is 0 Å². The Labute approximate surface area is 118 Å². The van der Waals surface area contributed by atoms with Gasteiger partial charge >= 0.3 is 0 Å². The monoisotopic (exact) mass is 268 g/mol. The number of hydrogen-bond acceptors (Lipinski definition) is 3. The Hall–Kier alpha value is -2.62. The fraction of sp³-hybridized carbons (Fsp3) is 0.125. The van der Waals surface area contributed by atoms with Crippen molar-refractivity contribution in [2.75, 3.05) is 6.61 Å². The number of carbonyl (C=O) groups excluding carboxylic acids is 1. The van der Waals surface area contributed by atoms with Crippen LogP contribution in [0.1, 0.15) is 22.8 Å². The Balaban J connectivity index is 1.91. The molecule has 0 fully saturated rings. The van der Waals surface area contributed by atoms with E-state index in [-0.39, 0.29) is 5.91 Å². The molecule has 0 aliphatic carbocycles. The number of nitrogens with one attached hydrogen (secondary N) is 1. The highest BCUT2D eigenvalue weighted by molar-refractivity contribution is 5.94. The maximum absolute atomic E-state index is 11.7. The summed E-state index contributed by atoms with van der Waals surface area (Å²) in [5.41, 5.74) is 3.96. The van der Waals surface area contributed by atoms with Crippen molar-refractivity contribution in [1.82, 2.24) is 5.43 Å². The number of carbonyl (C=O) groups is 1. The molecule has 102 valence electrons. The minimum atomic E-state index is -0.229. The van der Waals surface area contributed by atoms with Crippen molar-refractivity contribution in [2.45, 2.75) is 6.92 Å². The van der Waals surface area contributed by atoms with Crippen LogP contribution in [0.25, 0.3) is 0 Å². The second-order valence-electron chi connectivity index (χ2n) is 4.07. The molecule has 2 aromatic rings. The van der Waals surface area contributed by atoms with Gasteiger partial charge < -0.3 is 4.74 Å². The van der Waals surface area contributed by atoms with Crippen molar-refractivity contribution in [3.8, 4) is 5.75 Å². The average molecular weight is 268 g/mol. The van der Waals surface area contributed by atoms with Crippen molar-refractivity contribution >= 4 is 12.1 Å². The molecule has 0 saturated heterocycles. The van der Waals surface area contributed by atoms with Gasteiger partial charge in [0.05, 0.1) is 12.8 Å². The van der Waals surface area contributed by atoms with E-state index in [4.69, 9.17) is 4.74 Å². The van der Waals surface area contributed by atoms with E-state index in [2.05, 4.69) is 10.5 Å². The standard InChI is InChI=1S/C16H16N2O2/c1-2-20-15-10-8-13(9-11-15)12-17-18-16(19)14-6-4-3-5-7-14/h3-12H,2H2,1H3,(H,18,19)/b17-12-. The van der Waals surface area contributed by atoms with Crippen LogP contribution < -0.4 is 10.2 Å². The van der Waals surface area contributed by atoms with Gasteiger partial charge in [0.2, 0.25) is 0 Å². The normalized spacial score (nSPS) is 10.4. The summed E-state index contributed by atoms with van der Waals surface area (Å²) in [5, 5.41) is 3.93.